The summed E-state index contributed by atoms with van der Waals surface area (Å²) >= 11 is 0. The Morgan fingerprint density at radius 3 is 2.52 bits per heavy atom. The number of carbonyl (C=O) groups excluding carboxylic acids is 1. The van der Waals surface area contributed by atoms with E-state index in [9.17, 15) is 18.0 Å². The van der Waals surface area contributed by atoms with Crippen molar-refractivity contribution in [3.8, 4) is 0 Å². The van der Waals surface area contributed by atoms with Gasteiger partial charge in [0.2, 0.25) is 10.0 Å². The molecule has 1 atom stereocenters. The Kier molecular flexibility index (Phi) is 4.93. The van der Waals surface area contributed by atoms with E-state index in [1.54, 1.807) is 26.0 Å². The van der Waals surface area contributed by atoms with Crippen LogP contribution < -0.4 is 9.62 Å². The van der Waals surface area contributed by atoms with Crippen LogP contribution in [0.2, 0.25) is 0 Å². The van der Waals surface area contributed by atoms with Gasteiger partial charge in [0.1, 0.15) is 6.04 Å². The SMILES string of the molecule is CC(C)[C@@H](NC(=O)c1cccc(N2CCCS2(=O)=O)c1)C(=O)O. The summed E-state index contributed by atoms with van der Waals surface area (Å²) < 4.78 is 25.2. The highest BCUT2D eigenvalue weighted by molar-refractivity contribution is 7.93. The zero-order chi connectivity index (χ0) is 17.2. The molecule has 1 amide bonds. The van der Waals surface area contributed by atoms with Crippen LogP contribution in [0.15, 0.2) is 24.3 Å². The molecule has 1 aliphatic heterocycles. The molecule has 2 rings (SSSR count). The number of nitrogens with one attached hydrogen (secondary N) is 1. The number of sulfonamides is 1. The maximum Gasteiger partial charge on any atom is 0.326 e. The van der Waals surface area contributed by atoms with Gasteiger partial charge in [-0.25, -0.2) is 13.2 Å². The molecule has 1 aromatic carbocycles. The number of benzene rings is 1. The van der Waals surface area contributed by atoms with Gasteiger partial charge >= 0.3 is 5.97 Å². The van der Waals surface area contributed by atoms with Gasteiger partial charge in [-0.2, -0.15) is 0 Å². The van der Waals surface area contributed by atoms with Crippen LogP contribution in [-0.2, 0) is 14.8 Å². The van der Waals surface area contributed by atoms with Crippen LogP contribution in [-0.4, -0.2) is 43.7 Å². The lowest BCUT2D eigenvalue weighted by Crippen LogP contribution is -2.44. The predicted octanol–water partition coefficient (Wildman–Crippen LogP) is 1.07. The molecule has 2 N–H and O–H groups in total. The van der Waals surface area contributed by atoms with Gasteiger partial charge in [0.05, 0.1) is 11.4 Å². The normalized spacial score (nSPS) is 18.0. The topological polar surface area (TPSA) is 104 Å². The van der Waals surface area contributed by atoms with Gasteiger partial charge in [0, 0.05) is 12.1 Å². The summed E-state index contributed by atoms with van der Waals surface area (Å²) in [6.45, 7) is 3.79. The molecule has 0 aromatic heterocycles. The van der Waals surface area contributed by atoms with Gasteiger partial charge < -0.3 is 10.4 Å². The smallest absolute Gasteiger partial charge is 0.326 e. The predicted molar refractivity (Wildman–Crippen MR) is 85.9 cm³/mol. The summed E-state index contributed by atoms with van der Waals surface area (Å²) in [7, 11) is -3.33. The third-order valence-corrected chi connectivity index (χ3v) is 5.58. The Hall–Kier alpha value is -2.09. The van der Waals surface area contributed by atoms with Crippen LogP contribution in [0.3, 0.4) is 0 Å². The van der Waals surface area contributed by atoms with Crippen molar-refractivity contribution in [1.82, 2.24) is 5.32 Å². The summed E-state index contributed by atoms with van der Waals surface area (Å²) in [5.41, 5.74) is 0.656. The van der Waals surface area contributed by atoms with Crippen molar-refractivity contribution in [1.29, 1.82) is 0 Å². The number of nitrogens with zero attached hydrogens (tertiary/aromatic N) is 1. The van der Waals surface area contributed by atoms with Crippen LogP contribution >= 0.6 is 0 Å². The van der Waals surface area contributed by atoms with Gasteiger partial charge in [-0.1, -0.05) is 19.9 Å². The molecule has 1 saturated heterocycles. The summed E-state index contributed by atoms with van der Waals surface area (Å²) in [5.74, 6) is -1.81. The quantitative estimate of drug-likeness (QED) is 0.834. The number of aliphatic carboxylic acids is 1. The maximum absolute atomic E-state index is 12.3. The third-order valence-electron chi connectivity index (χ3n) is 3.71. The van der Waals surface area contributed by atoms with Crippen molar-refractivity contribution in [2.24, 2.45) is 5.92 Å². The molecule has 0 radical (unpaired) electrons. The van der Waals surface area contributed by atoms with E-state index >= 15 is 0 Å². The molecular weight excluding hydrogens is 320 g/mol. The fraction of sp³-hybridized carbons (Fsp3) is 0.467. The lowest BCUT2D eigenvalue weighted by Gasteiger charge is -2.20. The molecule has 0 saturated carbocycles. The Morgan fingerprint density at radius 1 is 1.30 bits per heavy atom. The minimum atomic E-state index is -3.33. The first kappa shape index (κ1) is 17.3. The van der Waals surface area contributed by atoms with Crippen molar-refractivity contribution in [2.45, 2.75) is 26.3 Å². The van der Waals surface area contributed by atoms with Crippen molar-refractivity contribution >= 4 is 27.6 Å². The minimum absolute atomic E-state index is 0.0951. The Bertz CT molecular complexity index is 714. The Balaban J connectivity index is 2.23. The van der Waals surface area contributed by atoms with E-state index in [1.165, 1.54) is 16.4 Å². The molecule has 7 nitrogen and oxygen atoms in total. The molecule has 0 bridgehead atoms. The largest absolute Gasteiger partial charge is 0.480 e. The second kappa shape index (κ2) is 6.57. The lowest BCUT2D eigenvalue weighted by molar-refractivity contribution is -0.140. The number of carbonyl (C=O) groups is 2. The first-order valence-corrected chi connectivity index (χ1v) is 8.97. The Labute approximate surface area is 135 Å². The highest BCUT2D eigenvalue weighted by Gasteiger charge is 2.29. The first-order chi connectivity index (χ1) is 10.7. The van der Waals surface area contributed by atoms with Gasteiger partial charge in [-0.15, -0.1) is 0 Å². The van der Waals surface area contributed by atoms with Gasteiger partial charge in [0.15, 0.2) is 0 Å². The average Bonchev–Trinajstić information content (AvgIpc) is 2.83. The van der Waals surface area contributed by atoms with Gasteiger partial charge in [0.25, 0.3) is 5.91 Å². The molecule has 0 unspecified atom stereocenters. The molecule has 1 heterocycles. The third kappa shape index (κ3) is 3.82. The standard InChI is InChI=1S/C15H20N2O5S/c1-10(2)13(15(19)20)16-14(18)11-5-3-6-12(9-11)17-7-4-8-23(17,21)22/h3,5-6,9-10,13H,4,7-8H2,1-2H3,(H,16,18)(H,19,20)/t13-/m1/s1. The van der Waals surface area contributed by atoms with Gasteiger partial charge in [-0.3, -0.25) is 9.10 Å². The highest BCUT2D eigenvalue weighted by Crippen LogP contribution is 2.24. The number of carboxylic acid groups (broad SMARTS) is 1. The second-order valence-corrected chi connectivity index (χ2v) is 7.84. The van der Waals surface area contributed by atoms with Crippen LogP contribution in [0, 0.1) is 5.92 Å². The molecular formula is C15H20N2O5S. The van der Waals surface area contributed by atoms with E-state index in [0.29, 0.717) is 18.7 Å². The lowest BCUT2D eigenvalue weighted by atomic mass is 10.0. The summed E-state index contributed by atoms with van der Waals surface area (Å²) in [6, 6.07) is 5.21. The van der Waals surface area contributed by atoms with Crippen LogP contribution in [0.4, 0.5) is 5.69 Å². The molecule has 0 aliphatic carbocycles. The zero-order valence-electron chi connectivity index (χ0n) is 13.0. The van der Waals surface area contributed by atoms with E-state index in [-0.39, 0.29) is 17.2 Å². The molecule has 126 valence electrons. The van der Waals surface area contributed by atoms with Crippen LogP contribution in [0.5, 0.6) is 0 Å². The number of hydrogen-bond donors (Lipinski definition) is 2. The molecule has 0 spiro atoms. The fourth-order valence-electron chi connectivity index (χ4n) is 2.47. The minimum Gasteiger partial charge on any atom is -0.480 e. The van der Waals surface area contributed by atoms with Gasteiger partial charge in [-0.05, 0) is 30.5 Å². The molecule has 1 fully saturated rings. The van der Waals surface area contributed by atoms with E-state index in [4.69, 9.17) is 5.11 Å². The second-order valence-electron chi connectivity index (χ2n) is 5.83. The molecule has 23 heavy (non-hydrogen) atoms. The highest BCUT2D eigenvalue weighted by atomic mass is 32.2. The average molecular weight is 340 g/mol. The van der Waals surface area contributed by atoms with E-state index in [2.05, 4.69) is 5.32 Å². The van der Waals surface area contributed by atoms with Crippen LogP contribution in [0.1, 0.15) is 30.6 Å². The summed E-state index contributed by atoms with van der Waals surface area (Å²) in [5, 5.41) is 11.6. The Morgan fingerprint density at radius 2 is 2.00 bits per heavy atom. The van der Waals surface area contributed by atoms with E-state index in [0.717, 1.165) is 0 Å². The zero-order valence-corrected chi connectivity index (χ0v) is 13.8. The molecule has 8 heteroatoms. The molecule has 1 aliphatic rings. The first-order valence-electron chi connectivity index (χ1n) is 7.36. The van der Waals surface area contributed by atoms with Crippen molar-refractivity contribution < 1.29 is 23.1 Å². The number of rotatable bonds is 5. The van der Waals surface area contributed by atoms with E-state index in [1.807, 2.05) is 0 Å². The maximum atomic E-state index is 12.3. The summed E-state index contributed by atoms with van der Waals surface area (Å²) in [4.78, 5) is 23.4. The monoisotopic (exact) mass is 340 g/mol. The van der Waals surface area contributed by atoms with Crippen molar-refractivity contribution in [2.75, 3.05) is 16.6 Å². The molecule has 1 aromatic rings. The van der Waals surface area contributed by atoms with E-state index < -0.39 is 27.9 Å². The van der Waals surface area contributed by atoms with Crippen molar-refractivity contribution in [3.05, 3.63) is 29.8 Å². The fourth-order valence-corrected chi connectivity index (χ4v) is 4.03. The number of carboxylic acids is 1. The summed E-state index contributed by atoms with van der Waals surface area (Å²) in [6.07, 6.45) is 0.549. The number of amides is 1. The number of hydrogen-bond acceptors (Lipinski definition) is 4. The number of anilines is 1. The van der Waals surface area contributed by atoms with Crippen molar-refractivity contribution in [3.63, 3.8) is 0 Å². The van der Waals surface area contributed by atoms with Crippen LogP contribution in [0.25, 0.3) is 0 Å².